The van der Waals surface area contributed by atoms with E-state index in [0.717, 1.165) is 36.7 Å². The molecule has 1 aromatic rings. The largest absolute Gasteiger partial charge is 0.496 e. The van der Waals surface area contributed by atoms with Crippen molar-refractivity contribution in [3.63, 3.8) is 0 Å². The molecule has 0 unspecified atom stereocenters. The first-order chi connectivity index (χ1) is 7.79. The molecule has 0 spiro atoms. The van der Waals surface area contributed by atoms with Crippen molar-refractivity contribution in [1.82, 2.24) is 5.32 Å². The van der Waals surface area contributed by atoms with E-state index in [2.05, 4.69) is 5.32 Å². The molecule has 0 amide bonds. The predicted octanol–water partition coefficient (Wildman–Crippen LogP) is 2.38. The van der Waals surface area contributed by atoms with Crippen LogP contribution in [0, 0.1) is 11.7 Å². The number of hydrogen-bond donors (Lipinski definition) is 1. The van der Waals surface area contributed by atoms with Gasteiger partial charge in [0.15, 0.2) is 0 Å². The van der Waals surface area contributed by atoms with E-state index in [-0.39, 0.29) is 5.82 Å². The Bertz CT molecular complexity index is 350. The molecule has 0 aromatic heterocycles. The van der Waals surface area contributed by atoms with Crippen LogP contribution in [-0.2, 0) is 6.42 Å². The zero-order chi connectivity index (χ0) is 11.4. The molecule has 88 valence electrons. The fourth-order valence-corrected chi connectivity index (χ4v) is 1.79. The second kappa shape index (κ2) is 5.30. The molecule has 1 saturated carbocycles. The highest BCUT2D eigenvalue weighted by Crippen LogP contribution is 2.27. The molecule has 1 aliphatic carbocycles. The lowest BCUT2D eigenvalue weighted by molar-refractivity contribution is 0.407. The summed E-state index contributed by atoms with van der Waals surface area (Å²) in [4.78, 5) is 0. The first-order valence-corrected chi connectivity index (χ1v) is 5.82. The highest BCUT2D eigenvalue weighted by molar-refractivity contribution is 5.34. The summed E-state index contributed by atoms with van der Waals surface area (Å²) in [6, 6.07) is 4.67. The SMILES string of the molecule is COc1ccc(F)cc1CCNCC1CC1. The molecule has 1 N–H and O–H groups in total. The highest BCUT2D eigenvalue weighted by atomic mass is 19.1. The topological polar surface area (TPSA) is 21.3 Å². The molecule has 3 heteroatoms. The first kappa shape index (κ1) is 11.4. The van der Waals surface area contributed by atoms with E-state index in [0.29, 0.717) is 0 Å². The van der Waals surface area contributed by atoms with Crippen molar-refractivity contribution < 1.29 is 9.13 Å². The Morgan fingerprint density at radius 1 is 1.44 bits per heavy atom. The zero-order valence-corrected chi connectivity index (χ0v) is 9.63. The normalized spacial score (nSPS) is 15.1. The van der Waals surface area contributed by atoms with Crippen LogP contribution in [-0.4, -0.2) is 20.2 Å². The monoisotopic (exact) mass is 223 g/mol. The lowest BCUT2D eigenvalue weighted by Gasteiger charge is -2.09. The molecule has 2 nitrogen and oxygen atoms in total. The quantitative estimate of drug-likeness (QED) is 0.748. The third-order valence-corrected chi connectivity index (χ3v) is 2.94. The first-order valence-electron chi connectivity index (χ1n) is 5.82. The predicted molar refractivity (Wildman–Crippen MR) is 62.2 cm³/mol. The van der Waals surface area contributed by atoms with Gasteiger partial charge in [0.1, 0.15) is 11.6 Å². The summed E-state index contributed by atoms with van der Waals surface area (Å²) in [7, 11) is 1.62. The Balaban J connectivity index is 1.83. The van der Waals surface area contributed by atoms with Gasteiger partial charge in [0.2, 0.25) is 0 Å². The van der Waals surface area contributed by atoms with Crippen molar-refractivity contribution in [1.29, 1.82) is 0 Å². The van der Waals surface area contributed by atoms with Gasteiger partial charge in [-0.15, -0.1) is 0 Å². The van der Waals surface area contributed by atoms with Crippen molar-refractivity contribution in [3.05, 3.63) is 29.6 Å². The van der Waals surface area contributed by atoms with Gasteiger partial charge in [-0.05, 0) is 62.0 Å². The fraction of sp³-hybridized carbons (Fsp3) is 0.538. The van der Waals surface area contributed by atoms with E-state index < -0.39 is 0 Å². The van der Waals surface area contributed by atoms with Crippen LogP contribution in [0.5, 0.6) is 5.75 Å². The molecule has 16 heavy (non-hydrogen) atoms. The van der Waals surface area contributed by atoms with Gasteiger partial charge in [-0.3, -0.25) is 0 Å². The maximum atomic E-state index is 13.1. The van der Waals surface area contributed by atoms with Gasteiger partial charge < -0.3 is 10.1 Å². The molecular formula is C13H18FNO. The minimum absolute atomic E-state index is 0.196. The summed E-state index contributed by atoms with van der Waals surface area (Å²) in [5.74, 6) is 1.46. The van der Waals surface area contributed by atoms with Gasteiger partial charge in [-0.2, -0.15) is 0 Å². The molecule has 1 aliphatic rings. The van der Waals surface area contributed by atoms with Gasteiger partial charge in [0.05, 0.1) is 7.11 Å². The van der Waals surface area contributed by atoms with E-state index in [9.17, 15) is 4.39 Å². The molecule has 0 atom stereocenters. The van der Waals surface area contributed by atoms with Crippen LogP contribution in [0.2, 0.25) is 0 Å². The molecule has 0 bridgehead atoms. The van der Waals surface area contributed by atoms with Crippen LogP contribution in [0.25, 0.3) is 0 Å². The van der Waals surface area contributed by atoms with Crippen LogP contribution >= 0.6 is 0 Å². The summed E-state index contributed by atoms with van der Waals surface area (Å²) in [6.07, 6.45) is 3.53. The highest BCUT2D eigenvalue weighted by Gasteiger charge is 2.20. The molecule has 0 radical (unpaired) electrons. The smallest absolute Gasteiger partial charge is 0.123 e. The van der Waals surface area contributed by atoms with E-state index in [1.54, 1.807) is 19.2 Å². The molecule has 0 heterocycles. The van der Waals surface area contributed by atoms with Crippen LogP contribution in [0.4, 0.5) is 4.39 Å². The summed E-state index contributed by atoms with van der Waals surface area (Å²) in [5.41, 5.74) is 0.936. The summed E-state index contributed by atoms with van der Waals surface area (Å²) >= 11 is 0. The van der Waals surface area contributed by atoms with Gasteiger partial charge in [-0.1, -0.05) is 0 Å². The molecule has 2 rings (SSSR count). The van der Waals surface area contributed by atoms with Crippen LogP contribution in [0.3, 0.4) is 0 Å². The number of hydrogen-bond acceptors (Lipinski definition) is 2. The van der Waals surface area contributed by atoms with E-state index >= 15 is 0 Å². The summed E-state index contributed by atoms with van der Waals surface area (Å²) in [6.45, 7) is 1.98. The third kappa shape index (κ3) is 3.20. The average Bonchev–Trinajstić information content (AvgIpc) is 3.08. The van der Waals surface area contributed by atoms with Gasteiger partial charge in [0, 0.05) is 0 Å². The van der Waals surface area contributed by atoms with Gasteiger partial charge in [0.25, 0.3) is 0 Å². The maximum Gasteiger partial charge on any atom is 0.123 e. The molecule has 0 saturated heterocycles. The molecule has 0 aliphatic heterocycles. The Kier molecular flexibility index (Phi) is 3.78. The maximum absolute atomic E-state index is 13.1. The minimum Gasteiger partial charge on any atom is -0.496 e. The third-order valence-electron chi connectivity index (χ3n) is 2.94. The fourth-order valence-electron chi connectivity index (χ4n) is 1.79. The van der Waals surface area contributed by atoms with Crippen molar-refractivity contribution in [2.45, 2.75) is 19.3 Å². The van der Waals surface area contributed by atoms with Gasteiger partial charge in [-0.25, -0.2) is 4.39 Å². The number of nitrogens with one attached hydrogen (secondary N) is 1. The van der Waals surface area contributed by atoms with Gasteiger partial charge >= 0.3 is 0 Å². The molecule has 1 fully saturated rings. The number of methoxy groups -OCH3 is 1. The lowest BCUT2D eigenvalue weighted by atomic mass is 10.1. The van der Waals surface area contributed by atoms with Crippen molar-refractivity contribution in [2.24, 2.45) is 5.92 Å². The second-order valence-corrected chi connectivity index (χ2v) is 4.35. The second-order valence-electron chi connectivity index (χ2n) is 4.35. The van der Waals surface area contributed by atoms with Crippen molar-refractivity contribution in [2.75, 3.05) is 20.2 Å². The van der Waals surface area contributed by atoms with Crippen LogP contribution in [0.15, 0.2) is 18.2 Å². The van der Waals surface area contributed by atoms with Crippen LogP contribution in [0.1, 0.15) is 18.4 Å². The standard InChI is InChI=1S/C13H18FNO/c1-16-13-5-4-12(14)8-11(13)6-7-15-9-10-2-3-10/h4-5,8,10,15H,2-3,6-7,9H2,1H3. The minimum atomic E-state index is -0.196. The van der Waals surface area contributed by atoms with Crippen molar-refractivity contribution >= 4 is 0 Å². The number of ether oxygens (including phenoxy) is 1. The summed E-state index contributed by atoms with van der Waals surface area (Å²) < 4.78 is 18.3. The van der Waals surface area contributed by atoms with E-state index in [1.807, 2.05) is 0 Å². The Labute approximate surface area is 95.8 Å². The zero-order valence-electron chi connectivity index (χ0n) is 9.63. The Morgan fingerprint density at radius 3 is 2.94 bits per heavy atom. The molecular weight excluding hydrogens is 205 g/mol. The van der Waals surface area contributed by atoms with E-state index in [4.69, 9.17) is 4.74 Å². The Hall–Kier alpha value is -1.09. The van der Waals surface area contributed by atoms with Crippen LogP contribution < -0.4 is 10.1 Å². The number of rotatable bonds is 6. The number of halogens is 1. The number of benzene rings is 1. The Morgan fingerprint density at radius 2 is 2.25 bits per heavy atom. The van der Waals surface area contributed by atoms with Crippen molar-refractivity contribution in [3.8, 4) is 5.75 Å². The average molecular weight is 223 g/mol. The molecule has 1 aromatic carbocycles. The lowest BCUT2D eigenvalue weighted by Crippen LogP contribution is -2.20. The summed E-state index contributed by atoms with van der Waals surface area (Å²) in [5, 5.41) is 3.39. The van der Waals surface area contributed by atoms with E-state index in [1.165, 1.54) is 18.9 Å².